The van der Waals surface area contributed by atoms with E-state index >= 15 is 0 Å². The fourth-order valence-electron chi connectivity index (χ4n) is 5.14. The van der Waals surface area contributed by atoms with Gasteiger partial charge in [-0.15, -0.1) is 0 Å². The molecular formula is C29H37BN4O3. The number of aryl methyl sites for hydroxylation is 1. The molecule has 1 saturated heterocycles. The van der Waals surface area contributed by atoms with Gasteiger partial charge in [-0.1, -0.05) is 63.3 Å². The summed E-state index contributed by atoms with van der Waals surface area (Å²) in [5, 5.41) is 0. The Morgan fingerprint density at radius 2 is 1.78 bits per heavy atom. The average Bonchev–Trinajstić information content (AvgIpc) is 3.22. The molecule has 2 atom stereocenters. The topological polar surface area (TPSA) is 71.2 Å². The SMILES string of the molecule is CC(C)c1ccccc1-c1ncc2c(n1)n(CC1C=CC(B3OC(C)(C)C(C)(C)O3)=CC1C)c(=O)n2C. The zero-order valence-corrected chi connectivity index (χ0v) is 23.1. The van der Waals surface area contributed by atoms with Crippen molar-refractivity contribution in [2.24, 2.45) is 18.9 Å². The summed E-state index contributed by atoms with van der Waals surface area (Å²) < 4.78 is 15.9. The molecule has 3 aromatic rings. The molecule has 0 radical (unpaired) electrons. The molecule has 7 nitrogen and oxygen atoms in total. The molecule has 1 aliphatic heterocycles. The highest BCUT2D eigenvalue weighted by Gasteiger charge is 2.52. The monoisotopic (exact) mass is 500 g/mol. The van der Waals surface area contributed by atoms with Crippen LogP contribution in [-0.2, 0) is 22.9 Å². The summed E-state index contributed by atoms with van der Waals surface area (Å²) in [6.45, 7) is 15.3. The second-order valence-corrected chi connectivity index (χ2v) is 11.7. The second kappa shape index (κ2) is 9.10. The van der Waals surface area contributed by atoms with E-state index in [-0.39, 0.29) is 35.8 Å². The number of aromatic nitrogens is 4. The molecule has 0 bridgehead atoms. The van der Waals surface area contributed by atoms with Gasteiger partial charge in [0, 0.05) is 25.1 Å². The number of fused-ring (bicyclic) bond motifs is 1. The molecule has 1 fully saturated rings. The van der Waals surface area contributed by atoms with Crippen molar-refractivity contribution in [2.75, 3.05) is 0 Å². The molecule has 194 valence electrons. The van der Waals surface area contributed by atoms with Gasteiger partial charge in [-0.25, -0.2) is 14.8 Å². The number of hydrogen-bond acceptors (Lipinski definition) is 5. The van der Waals surface area contributed by atoms with Gasteiger partial charge in [0.25, 0.3) is 0 Å². The number of imidazole rings is 1. The van der Waals surface area contributed by atoms with Crippen molar-refractivity contribution in [3.05, 3.63) is 70.2 Å². The van der Waals surface area contributed by atoms with Crippen LogP contribution in [0.2, 0.25) is 0 Å². The predicted molar refractivity (Wildman–Crippen MR) is 148 cm³/mol. The minimum Gasteiger partial charge on any atom is -0.399 e. The third kappa shape index (κ3) is 4.40. The van der Waals surface area contributed by atoms with E-state index in [1.165, 1.54) is 5.56 Å². The van der Waals surface area contributed by atoms with Gasteiger partial charge in [0.1, 0.15) is 5.52 Å². The van der Waals surface area contributed by atoms with Crippen molar-refractivity contribution in [3.63, 3.8) is 0 Å². The number of benzene rings is 1. The first-order valence-electron chi connectivity index (χ1n) is 13.2. The lowest BCUT2D eigenvalue weighted by Gasteiger charge is -2.32. The molecule has 37 heavy (non-hydrogen) atoms. The quantitative estimate of drug-likeness (QED) is 0.445. The summed E-state index contributed by atoms with van der Waals surface area (Å²) in [7, 11) is 1.39. The average molecular weight is 500 g/mol. The Hall–Kier alpha value is -2.97. The van der Waals surface area contributed by atoms with E-state index in [1.807, 2.05) is 12.1 Å². The number of allylic oxidation sites excluding steroid dienone is 4. The first-order chi connectivity index (χ1) is 17.4. The Morgan fingerprint density at radius 1 is 1.11 bits per heavy atom. The molecule has 1 aromatic carbocycles. The van der Waals surface area contributed by atoms with Crippen molar-refractivity contribution in [3.8, 4) is 11.4 Å². The lowest BCUT2D eigenvalue weighted by Crippen LogP contribution is -2.41. The number of rotatable bonds is 5. The zero-order chi connectivity index (χ0) is 26.7. The normalized spacial score (nSPS) is 22.7. The van der Waals surface area contributed by atoms with Crippen LogP contribution in [0.25, 0.3) is 22.6 Å². The minimum atomic E-state index is -0.388. The van der Waals surface area contributed by atoms with E-state index in [0.717, 1.165) is 16.6 Å². The van der Waals surface area contributed by atoms with Crippen molar-refractivity contribution in [1.29, 1.82) is 0 Å². The summed E-state index contributed by atoms with van der Waals surface area (Å²) in [6, 6.07) is 8.21. The standard InChI is InChI=1S/C29H37BN4O3/c1-18(2)22-11-9-10-12-23(22)25-31-16-24-26(32-25)34(27(35)33(24)8)17-20-13-14-21(15-19(20)3)30-36-28(4,5)29(6,7)37-30/h9-16,18-20H,17H2,1-8H3. The van der Waals surface area contributed by atoms with Crippen molar-refractivity contribution >= 4 is 18.3 Å². The first kappa shape index (κ1) is 25.7. The van der Waals surface area contributed by atoms with E-state index in [0.29, 0.717) is 23.9 Å². The molecule has 0 N–H and O–H groups in total. The highest BCUT2D eigenvalue weighted by atomic mass is 16.7. The van der Waals surface area contributed by atoms with Gasteiger partial charge in [-0.2, -0.15) is 0 Å². The van der Waals surface area contributed by atoms with Crippen molar-refractivity contribution in [1.82, 2.24) is 19.1 Å². The Morgan fingerprint density at radius 3 is 2.43 bits per heavy atom. The summed E-state index contributed by atoms with van der Waals surface area (Å²) in [4.78, 5) is 22.8. The fraction of sp³-hybridized carbons (Fsp3) is 0.483. The molecule has 0 saturated carbocycles. The van der Waals surface area contributed by atoms with Crippen LogP contribution in [-0.4, -0.2) is 37.4 Å². The third-order valence-corrected chi connectivity index (χ3v) is 8.29. The summed E-state index contributed by atoms with van der Waals surface area (Å²) >= 11 is 0. The van der Waals surface area contributed by atoms with E-state index in [2.05, 4.69) is 83.8 Å². The zero-order valence-electron chi connectivity index (χ0n) is 23.1. The second-order valence-electron chi connectivity index (χ2n) is 11.7. The van der Waals surface area contributed by atoms with E-state index in [1.54, 1.807) is 22.4 Å². The van der Waals surface area contributed by atoms with Crippen LogP contribution < -0.4 is 5.69 Å². The highest BCUT2D eigenvalue weighted by Crippen LogP contribution is 2.40. The van der Waals surface area contributed by atoms with Crippen molar-refractivity contribution in [2.45, 2.75) is 72.1 Å². The Labute approximate surface area is 219 Å². The van der Waals surface area contributed by atoms with Crippen LogP contribution >= 0.6 is 0 Å². The van der Waals surface area contributed by atoms with E-state index < -0.39 is 0 Å². The van der Waals surface area contributed by atoms with Gasteiger partial charge < -0.3 is 9.31 Å². The summed E-state index contributed by atoms with van der Waals surface area (Å²) in [5.74, 6) is 1.32. The van der Waals surface area contributed by atoms with E-state index in [4.69, 9.17) is 14.3 Å². The molecule has 0 amide bonds. The molecule has 3 heterocycles. The number of hydrogen-bond donors (Lipinski definition) is 0. The van der Waals surface area contributed by atoms with Gasteiger partial charge in [0.2, 0.25) is 0 Å². The Kier molecular flexibility index (Phi) is 6.31. The number of nitrogens with zero attached hydrogens (tertiary/aromatic N) is 4. The van der Waals surface area contributed by atoms with Crippen LogP contribution in [0, 0.1) is 11.8 Å². The molecule has 8 heteroatoms. The predicted octanol–water partition coefficient (Wildman–Crippen LogP) is 5.30. The maximum absolute atomic E-state index is 13.3. The maximum atomic E-state index is 13.3. The molecule has 1 aliphatic carbocycles. The Bertz CT molecular complexity index is 1450. The molecule has 0 spiro atoms. The molecule has 2 aromatic heterocycles. The van der Waals surface area contributed by atoms with Gasteiger partial charge >= 0.3 is 12.8 Å². The highest BCUT2D eigenvalue weighted by molar-refractivity contribution is 6.55. The van der Waals surface area contributed by atoms with Crippen molar-refractivity contribution < 1.29 is 9.31 Å². The Balaban J connectivity index is 1.45. The van der Waals surface area contributed by atoms with Gasteiger partial charge in [0.05, 0.1) is 17.4 Å². The summed E-state index contributed by atoms with van der Waals surface area (Å²) in [5.41, 5.74) is 3.78. The summed E-state index contributed by atoms with van der Waals surface area (Å²) in [6.07, 6.45) is 8.24. The third-order valence-electron chi connectivity index (χ3n) is 8.29. The fourth-order valence-corrected chi connectivity index (χ4v) is 5.14. The van der Waals surface area contributed by atoms with Crippen LogP contribution in [0.5, 0.6) is 0 Å². The first-order valence-corrected chi connectivity index (χ1v) is 13.2. The molecule has 5 rings (SSSR count). The molecule has 2 unspecified atom stereocenters. The molecular weight excluding hydrogens is 463 g/mol. The molecule has 2 aliphatic rings. The maximum Gasteiger partial charge on any atom is 0.494 e. The lowest BCUT2D eigenvalue weighted by molar-refractivity contribution is 0.00578. The van der Waals surface area contributed by atoms with Gasteiger partial charge in [-0.3, -0.25) is 9.13 Å². The van der Waals surface area contributed by atoms with Gasteiger partial charge in [-0.05, 0) is 50.6 Å². The minimum absolute atomic E-state index is 0.0834. The van der Waals surface area contributed by atoms with Crippen LogP contribution in [0.4, 0.5) is 0 Å². The van der Waals surface area contributed by atoms with Crippen LogP contribution in [0.3, 0.4) is 0 Å². The lowest BCUT2D eigenvalue weighted by atomic mass is 9.71. The largest absolute Gasteiger partial charge is 0.494 e. The smallest absolute Gasteiger partial charge is 0.399 e. The van der Waals surface area contributed by atoms with Gasteiger partial charge in [0.15, 0.2) is 11.5 Å². The van der Waals surface area contributed by atoms with Crippen LogP contribution in [0.1, 0.15) is 59.9 Å². The van der Waals surface area contributed by atoms with Crippen LogP contribution in [0.15, 0.2) is 59.0 Å². The van der Waals surface area contributed by atoms with E-state index in [9.17, 15) is 4.79 Å².